The average molecular weight is 169 g/mol. The number of para-hydroxylation sites is 1. The molecule has 2 nitrogen and oxygen atoms in total. The molecule has 1 aromatic rings. The van der Waals surface area contributed by atoms with E-state index in [1.165, 1.54) is 0 Å². The third-order valence-electron chi connectivity index (χ3n) is 1.15. The standard InChI is InChI=1S/C8H8N2.ClH/c9-6-7-10-8-4-2-1-3-5-8;/h1-5,10H,7H2;1H. The van der Waals surface area contributed by atoms with Gasteiger partial charge in [0.05, 0.1) is 6.07 Å². The summed E-state index contributed by atoms with van der Waals surface area (Å²) in [6.07, 6.45) is 0. The number of hydrogen-bond acceptors (Lipinski definition) is 2. The van der Waals surface area contributed by atoms with Gasteiger partial charge in [0.15, 0.2) is 0 Å². The van der Waals surface area contributed by atoms with Crippen molar-refractivity contribution in [2.45, 2.75) is 0 Å². The first-order valence-corrected chi connectivity index (χ1v) is 3.09. The highest BCUT2D eigenvalue weighted by molar-refractivity contribution is 5.85. The average Bonchev–Trinajstić information content (AvgIpc) is 2.03. The van der Waals surface area contributed by atoms with Crippen molar-refractivity contribution in [3.63, 3.8) is 0 Å². The van der Waals surface area contributed by atoms with Crippen LogP contribution in [0.1, 0.15) is 0 Å². The van der Waals surface area contributed by atoms with Gasteiger partial charge in [0.1, 0.15) is 6.54 Å². The van der Waals surface area contributed by atoms with Crippen molar-refractivity contribution >= 4 is 18.1 Å². The van der Waals surface area contributed by atoms with E-state index in [1.807, 2.05) is 36.4 Å². The van der Waals surface area contributed by atoms with Crippen molar-refractivity contribution in [1.82, 2.24) is 0 Å². The second-order valence-electron chi connectivity index (χ2n) is 1.88. The zero-order valence-corrected chi connectivity index (χ0v) is 6.77. The number of hydrogen-bond donors (Lipinski definition) is 1. The van der Waals surface area contributed by atoms with Crippen LogP contribution in [0.4, 0.5) is 5.69 Å². The summed E-state index contributed by atoms with van der Waals surface area (Å²) in [5, 5.41) is 11.1. The predicted molar refractivity (Wildman–Crippen MR) is 47.8 cm³/mol. The molecule has 0 radical (unpaired) electrons. The predicted octanol–water partition coefficient (Wildman–Crippen LogP) is 2.04. The SMILES string of the molecule is Cl.N#CCNc1ccccc1. The molecule has 0 heterocycles. The fourth-order valence-electron chi connectivity index (χ4n) is 0.698. The summed E-state index contributed by atoms with van der Waals surface area (Å²) in [5.41, 5.74) is 0.990. The lowest BCUT2D eigenvalue weighted by Crippen LogP contribution is -1.96. The number of anilines is 1. The summed E-state index contributed by atoms with van der Waals surface area (Å²) >= 11 is 0. The molecule has 58 valence electrons. The summed E-state index contributed by atoms with van der Waals surface area (Å²) in [6, 6.07) is 11.7. The van der Waals surface area contributed by atoms with Crippen LogP contribution in [0.15, 0.2) is 30.3 Å². The summed E-state index contributed by atoms with van der Waals surface area (Å²) in [7, 11) is 0. The fourth-order valence-corrected chi connectivity index (χ4v) is 0.698. The van der Waals surface area contributed by atoms with Crippen molar-refractivity contribution in [1.29, 1.82) is 5.26 Å². The first-order chi connectivity index (χ1) is 4.93. The number of nitrogens with zero attached hydrogens (tertiary/aromatic N) is 1. The van der Waals surface area contributed by atoms with Crippen LogP contribution in [0.3, 0.4) is 0 Å². The Hall–Kier alpha value is -1.20. The Labute approximate surface area is 72.3 Å². The number of benzene rings is 1. The third kappa shape index (κ3) is 3.49. The largest absolute Gasteiger partial charge is 0.372 e. The lowest BCUT2D eigenvalue weighted by Gasteiger charge is -1.97. The van der Waals surface area contributed by atoms with Crippen LogP contribution in [-0.2, 0) is 0 Å². The van der Waals surface area contributed by atoms with E-state index in [0.717, 1.165) is 5.69 Å². The van der Waals surface area contributed by atoms with Gasteiger partial charge in [-0.25, -0.2) is 0 Å². The third-order valence-corrected chi connectivity index (χ3v) is 1.15. The molecular formula is C8H9ClN2. The second-order valence-corrected chi connectivity index (χ2v) is 1.88. The molecule has 1 rings (SSSR count). The van der Waals surface area contributed by atoms with Crippen molar-refractivity contribution in [2.75, 3.05) is 11.9 Å². The Morgan fingerprint density at radius 1 is 1.27 bits per heavy atom. The van der Waals surface area contributed by atoms with Crippen molar-refractivity contribution in [2.24, 2.45) is 0 Å². The van der Waals surface area contributed by atoms with Gasteiger partial charge in [0.2, 0.25) is 0 Å². The summed E-state index contributed by atoms with van der Waals surface area (Å²) < 4.78 is 0. The summed E-state index contributed by atoms with van der Waals surface area (Å²) in [6.45, 7) is 0.365. The van der Waals surface area contributed by atoms with Gasteiger partial charge >= 0.3 is 0 Å². The molecule has 11 heavy (non-hydrogen) atoms. The molecule has 0 saturated heterocycles. The monoisotopic (exact) mass is 168 g/mol. The molecule has 0 bridgehead atoms. The van der Waals surface area contributed by atoms with E-state index in [1.54, 1.807) is 0 Å². The molecule has 1 N–H and O–H groups in total. The van der Waals surface area contributed by atoms with Gasteiger partial charge in [-0.3, -0.25) is 0 Å². The summed E-state index contributed by atoms with van der Waals surface area (Å²) in [4.78, 5) is 0. The molecule has 0 amide bonds. The molecule has 1 aromatic carbocycles. The lowest BCUT2D eigenvalue weighted by molar-refractivity contribution is 1.32. The highest BCUT2D eigenvalue weighted by Crippen LogP contribution is 2.02. The Balaban J connectivity index is 0.000001000. The van der Waals surface area contributed by atoms with Crippen LogP contribution in [0.2, 0.25) is 0 Å². The minimum Gasteiger partial charge on any atom is -0.372 e. The maximum atomic E-state index is 8.22. The minimum absolute atomic E-state index is 0. The topological polar surface area (TPSA) is 35.8 Å². The van der Waals surface area contributed by atoms with E-state index in [-0.39, 0.29) is 12.4 Å². The van der Waals surface area contributed by atoms with Gasteiger partial charge in [-0.1, -0.05) is 18.2 Å². The highest BCUT2D eigenvalue weighted by atomic mass is 35.5. The molecule has 0 unspecified atom stereocenters. The molecule has 0 spiro atoms. The van der Waals surface area contributed by atoms with Crippen LogP contribution >= 0.6 is 12.4 Å². The van der Waals surface area contributed by atoms with E-state index in [4.69, 9.17) is 5.26 Å². The van der Waals surface area contributed by atoms with E-state index >= 15 is 0 Å². The Morgan fingerprint density at radius 2 is 1.91 bits per heavy atom. The number of halogens is 1. The first kappa shape index (κ1) is 9.80. The molecule has 3 heteroatoms. The van der Waals surface area contributed by atoms with E-state index in [0.29, 0.717) is 6.54 Å². The number of rotatable bonds is 2. The Bertz CT molecular complexity index is 228. The van der Waals surface area contributed by atoms with Gasteiger partial charge in [-0.05, 0) is 12.1 Å². The van der Waals surface area contributed by atoms with Crippen molar-refractivity contribution in [3.05, 3.63) is 30.3 Å². The van der Waals surface area contributed by atoms with Crippen molar-refractivity contribution in [3.8, 4) is 6.07 Å². The minimum atomic E-state index is 0. The maximum absolute atomic E-state index is 8.22. The van der Waals surface area contributed by atoms with E-state index in [2.05, 4.69) is 5.32 Å². The van der Waals surface area contributed by atoms with E-state index < -0.39 is 0 Å². The molecule has 0 aliphatic carbocycles. The molecule has 0 aliphatic heterocycles. The van der Waals surface area contributed by atoms with E-state index in [9.17, 15) is 0 Å². The second kappa shape index (κ2) is 5.57. The lowest BCUT2D eigenvalue weighted by atomic mass is 10.3. The van der Waals surface area contributed by atoms with Crippen LogP contribution in [0.5, 0.6) is 0 Å². The molecule has 0 fully saturated rings. The van der Waals surface area contributed by atoms with Gasteiger partial charge in [-0.15, -0.1) is 12.4 Å². The van der Waals surface area contributed by atoms with Crippen LogP contribution in [0, 0.1) is 11.3 Å². The molecule has 0 saturated carbocycles. The first-order valence-electron chi connectivity index (χ1n) is 3.09. The van der Waals surface area contributed by atoms with Crippen molar-refractivity contribution < 1.29 is 0 Å². The smallest absolute Gasteiger partial charge is 0.103 e. The van der Waals surface area contributed by atoms with Gasteiger partial charge in [-0.2, -0.15) is 5.26 Å². The van der Waals surface area contributed by atoms with Crippen LogP contribution in [0.25, 0.3) is 0 Å². The molecule has 0 atom stereocenters. The maximum Gasteiger partial charge on any atom is 0.103 e. The van der Waals surface area contributed by atoms with Crippen LogP contribution in [-0.4, -0.2) is 6.54 Å². The number of nitrogens with one attached hydrogen (secondary N) is 1. The number of nitriles is 1. The van der Waals surface area contributed by atoms with Gasteiger partial charge in [0.25, 0.3) is 0 Å². The van der Waals surface area contributed by atoms with Gasteiger partial charge < -0.3 is 5.32 Å². The Kier molecular flexibility index (Phi) is 4.97. The zero-order chi connectivity index (χ0) is 7.23. The van der Waals surface area contributed by atoms with Crippen LogP contribution < -0.4 is 5.32 Å². The quantitative estimate of drug-likeness (QED) is 0.687. The normalized spacial score (nSPS) is 7.55. The van der Waals surface area contributed by atoms with Gasteiger partial charge in [0, 0.05) is 5.69 Å². The molecular weight excluding hydrogens is 160 g/mol. The molecule has 0 aliphatic rings. The summed E-state index contributed by atoms with van der Waals surface area (Å²) in [5.74, 6) is 0. The Morgan fingerprint density at radius 3 is 2.45 bits per heavy atom. The fraction of sp³-hybridized carbons (Fsp3) is 0.125. The molecule has 0 aromatic heterocycles. The zero-order valence-electron chi connectivity index (χ0n) is 5.95. The highest BCUT2D eigenvalue weighted by Gasteiger charge is 1.84.